The third-order valence-corrected chi connectivity index (χ3v) is 2.93. The fraction of sp³-hybridized carbons (Fsp3) is 1.00. The van der Waals surface area contributed by atoms with Gasteiger partial charge in [-0.3, -0.25) is 0 Å². The summed E-state index contributed by atoms with van der Waals surface area (Å²) in [4.78, 5) is 0. The summed E-state index contributed by atoms with van der Waals surface area (Å²) >= 11 is 6.11. The van der Waals surface area contributed by atoms with Gasteiger partial charge in [-0.1, -0.05) is 12.8 Å². The van der Waals surface area contributed by atoms with Crippen LogP contribution in [0.3, 0.4) is 0 Å². The van der Waals surface area contributed by atoms with E-state index in [2.05, 4.69) is 0 Å². The summed E-state index contributed by atoms with van der Waals surface area (Å²) in [5, 5.41) is 0.414. The van der Waals surface area contributed by atoms with Crippen LogP contribution in [-0.4, -0.2) is 11.9 Å². The highest BCUT2D eigenvalue weighted by Crippen LogP contribution is 2.30. The fourth-order valence-corrected chi connectivity index (χ4v) is 2.11. The molecule has 0 aliphatic heterocycles. The molecular weight excluding hydrogens is 146 g/mol. The molecule has 1 nitrogen and oxygen atoms in total. The first-order chi connectivity index (χ1) is 4.84. The number of rotatable bonds is 2. The Bertz CT molecular complexity index is 93.3. The predicted molar refractivity (Wildman–Crippen MR) is 45.3 cm³/mol. The molecule has 2 heteroatoms. The third-order valence-electron chi connectivity index (χ3n) is 2.35. The van der Waals surface area contributed by atoms with Gasteiger partial charge in [0.2, 0.25) is 0 Å². The lowest BCUT2D eigenvalue weighted by molar-refractivity contribution is 0.350. The Morgan fingerprint density at radius 1 is 1.30 bits per heavy atom. The molecule has 0 amide bonds. The van der Waals surface area contributed by atoms with Gasteiger partial charge in [-0.05, 0) is 31.7 Å². The lowest BCUT2D eigenvalue weighted by Crippen LogP contribution is -2.22. The number of alkyl halides is 1. The monoisotopic (exact) mass is 161 g/mol. The number of hydrogen-bond acceptors (Lipinski definition) is 1. The Kier molecular flexibility index (Phi) is 3.50. The second-order valence-corrected chi connectivity index (χ2v) is 3.70. The van der Waals surface area contributed by atoms with E-state index < -0.39 is 0 Å². The fourth-order valence-electron chi connectivity index (χ4n) is 1.70. The minimum absolute atomic E-state index is 0.414. The van der Waals surface area contributed by atoms with Crippen molar-refractivity contribution < 1.29 is 0 Å². The maximum Gasteiger partial charge on any atom is 0.0364 e. The zero-order valence-electron chi connectivity index (χ0n) is 6.35. The highest BCUT2D eigenvalue weighted by molar-refractivity contribution is 6.20. The van der Waals surface area contributed by atoms with Crippen molar-refractivity contribution >= 4 is 11.6 Å². The lowest BCUT2D eigenvalue weighted by atomic mass is 9.86. The van der Waals surface area contributed by atoms with Crippen LogP contribution in [-0.2, 0) is 0 Å². The summed E-state index contributed by atoms with van der Waals surface area (Å²) in [5.74, 6) is 0.709. The summed E-state index contributed by atoms with van der Waals surface area (Å²) in [5.41, 5.74) is 5.46. The van der Waals surface area contributed by atoms with Gasteiger partial charge >= 0.3 is 0 Å². The van der Waals surface area contributed by atoms with E-state index in [4.69, 9.17) is 17.3 Å². The molecule has 2 N–H and O–H groups in total. The van der Waals surface area contributed by atoms with Gasteiger partial charge in [0.15, 0.2) is 0 Å². The molecule has 0 heterocycles. The van der Waals surface area contributed by atoms with Crippen molar-refractivity contribution in [2.24, 2.45) is 11.7 Å². The minimum Gasteiger partial charge on any atom is -0.330 e. The van der Waals surface area contributed by atoms with Crippen LogP contribution >= 0.6 is 11.6 Å². The van der Waals surface area contributed by atoms with Crippen LogP contribution in [0, 0.1) is 5.92 Å². The number of hydrogen-bond donors (Lipinski definition) is 1. The summed E-state index contributed by atoms with van der Waals surface area (Å²) < 4.78 is 0. The smallest absolute Gasteiger partial charge is 0.0364 e. The number of nitrogens with two attached hydrogens (primary N) is 1. The highest BCUT2D eigenvalue weighted by Gasteiger charge is 2.21. The Morgan fingerprint density at radius 3 is 2.60 bits per heavy atom. The second-order valence-electron chi connectivity index (χ2n) is 3.14. The van der Waals surface area contributed by atoms with E-state index in [0.29, 0.717) is 11.3 Å². The normalized spacial score (nSPS) is 34.2. The molecule has 10 heavy (non-hydrogen) atoms. The first-order valence-electron chi connectivity index (χ1n) is 4.18. The van der Waals surface area contributed by atoms with Gasteiger partial charge in [0, 0.05) is 5.38 Å². The molecule has 1 saturated carbocycles. The second kappa shape index (κ2) is 4.20. The SMILES string of the molecule is NCC[C@@H]1CCCC[C@@H]1Cl. The molecule has 1 fully saturated rings. The van der Waals surface area contributed by atoms with Gasteiger partial charge in [-0.15, -0.1) is 11.6 Å². The van der Waals surface area contributed by atoms with E-state index in [1.54, 1.807) is 0 Å². The van der Waals surface area contributed by atoms with Crippen LogP contribution in [0.1, 0.15) is 32.1 Å². The van der Waals surface area contributed by atoms with Crippen molar-refractivity contribution in [2.75, 3.05) is 6.54 Å². The van der Waals surface area contributed by atoms with Gasteiger partial charge in [0.1, 0.15) is 0 Å². The van der Waals surface area contributed by atoms with E-state index in [1.165, 1.54) is 25.7 Å². The van der Waals surface area contributed by atoms with Crippen LogP contribution in [0.4, 0.5) is 0 Å². The molecule has 0 bridgehead atoms. The molecule has 1 aliphatic carbocycles. The van der Waals surface area contributed by atoms with Crippen molar-refractivity contribution in [3.63, 3.8) is 0 Å². The van der Waals surface area contributed by atoms with E-state index >= 15 is 0 Å². The average Bonchev–Trinajstić information content (AvgIpc) is 1.94. The van der Waals surface area contributed by atoms with Crippen LogP contribution in [0.2, 0.25) is 0 Å². The molecule has 0 saturated heterocycles. The molecule has 0 spiro atoms. The Morgan fingerprint density at radius 2 is 2.00 bits per heavy atom. The summed E-state index contributed by atoms with van der Waals surface area (Å²) in [6, 6.07) is 0. The highest BCUT2D eigenvalue weighted by atomic mass is 35.5. The van der Waals surface area contributed by atoms with Crippen LogP contribution < -0.4 is 5.73 Å². The maximum absolute atomic E-state index is 6.11. The Balaban J connectivity index is 2.25. The number of halogens is 1. The largest absolute Gasteiger partial charge is 0.330 e. The Hall–Kier alpha value is 0.250. The molecule has 0 unspecified atom stereocenters. The average molecular weight is 162 g/mol. The predicted octanol–water partition coefficient (Wildman–Crippen LogP) is 2.13. The zero-order chi connectivity index (χ0) is 7.40. The lowest BCUT2D eigenvalue weighted by Gasteiger charge is -2.26. The Labute approximate surface area is 67.9 Å². The zero-order valence-corrected chi connectivity index (χ0v) is 7.11. The van der Waals surface area contributed by atoms with Crippen molar-refractivity contribution in [3.8, 4) is 0 Å². The van der Waals surface area contributed by atoms with Crippen molar-refractivity contribution in [2.45, 2.75) is 37.5 Å². The maximum atomic E-state index is 6.11. The van der Waals surface area contributed by atoms with E-state index in [-0.39, 0.29) is 0 Å². The molecule has 0 radical (unpaired) electrons. The summed E-state index contributed by atoms with van der Waals surface area (Å²) in [6.45, 7) is 0.799. The minimum atomic E-state index is 0.414. The standard InChI is InChI=1S/C8H16ClN/c9-8-4-2-1-3-7(8)5-6-10/h7-8H,1-6,10H2/t7-,8-/m0/s1. The van der Waals surface area contributed by atoms with Crippen LogP contribution in [0.25, 0.3) is 0 Å². The summed E-state index contributed by atoms with van der Waals surface area (Å²) in [6.07, 6.45) is 6.29. The van der Waals surface area contributed by atoms with Crippen LogP contribution in [0.15, 0.2) is 0 Å². The van der Waals surface area contributed by atoms with Gasteiger partial charge in [-0.25, -0.2) is 0 Å². The molecular formula is C8H16ClN. The molecule has 1 rings (SSSR count). The molecule has 0 aromatic rings. The third kappa shape index (κ3) is 2.14. The molecule has 0 aromatic carbocycles. The van der Waals surface area contributed by atoms with Crippen molar-refractivity contribution in [1.29, 1.82) is 0 Å². The quantitative estimate of drug-likeness (QED) is 0.617. The molecule has 1 aliphatic rings. The van der Waals surface area contributed by atoms with E-state index in [0.717, 1.165) is 13.0 Å². The van der Waals surface area contributed by atoms with Gasteiger partial charge in [0.25, 0.3) is 0 Å². The topological polar surface area (TPSA) is 26.0 Å². The van der Waals surface area contributed by atoms with Gasteiger partial charge in [0.05, 0.1) is 0 Å². The molecule has 2 atom stereocenters. The van der Waals surface area contributed by atoms with Gasteiger partial charge in [-0.2, -0.15) is 0 Å². The van der Waals surface area contributed by atoms with E-state index in [9.17, 15) is 0 Å². The first kappa shape index (κ1) is 8.35. The van der Waals surface area contributed by atoms with Crippen LogP contribution in [0.5, 0.6) is 0 Å². The van der Waals surface area contributed by atoms with Crippen molar-refractivity contribution in [1.82, 2.24) is 0 Å². The summed E-state index contributed by atoms with van der Waals surface area (Å²) in [7, 11) is 0. The van der Waals surface area contributed by atoms with E-state index in [1.807, 2.05) is 0 Å². The van der Waals surface area contributed by atoms with Crippen molar-refractivity contribution in [3.05, 3.63) is 0 Å². The molecule has 60 valence electrons. The van der Waals surface area contributed by atoms with Gasteiger partial charge < -0.3 is 5.73 Å². The molecule has 0 aromatic heterocycles. The first-order valence-corrected chi connectivity index (χ1v) is 4.62.